The lowest BCUT2D eigenvalue weighted by Crippen LogP contribution is -2.56. The van der Waals surface area contributed by atoms with Crippen LogP contribution < -0.4 is 10.6 Å². The van der Waals surface area contributed by atoms with Crippen molar-refractivity contribution in [2.75, 3.05) is 13.2 Å². The van der Waals surface area contributed by atoms with E-state index in [2.05, 4.69) is 20.0 Å². The molecule has 20 heavy (non-hydrogen) atoms. The lowest BCUT2D eigenvalue weighted by Gasteiger charge is -2.30. The molecule has 0 aromatic carbocycles. The van der Waals surface area contributed by atoms with Gasteiger partial charge in [-0.1, -0.05) is 0 Å². The molecule has 0 aromatic rings. The standard InChI is InChI=1S/C11H19N3O5S/c1-5-19-8(16)6-12-10(17)9(13-7(2)15)11(3,4)20-14-18/h9H,5-6H2,1-4H3,(H,12,17)(H,13,15)/t9-/m1/s1/i2D. The third kappa shape index (κ3) is 6.50. The van der Waals surface area contributed by atoms with Gasteiger partial charge >= 0.3 is 5.97 Å². The molecule has 2 N–H and O–H groups in total. The number of carbonyl (C=O) groups is 3. The normalized spacial score (nSPS) is 12.8. The van der Waals surface area contributed by atoms with Gasteiger partial charge in [-0.05, 0) is 20.8 Å². The summed E-state index contributed by atoms with van der Waals surface area (Å²) in [6.07, 6.45) is 0. The third-order valence-corrected chi connectivity index (χ3v) is 3.03. The molecule has 0 aliphatic rings. The lowest BCUT2D eigenvalue weighted by molar-refractivity contribution is -0.143. The summed E-state index contributed by atoms with van der Waals surface area (Å²) in [4.78, 5) is 45.0. The second-order valence-electron chi connectivity index (χ2n) is 4.29. The first-order chi connectivity index (χ1) is 9.78. The van der Waals surface area contributed by atoms with Crippen molar-refractivity contribution in [1.82, 2.24) is 10.6 Å². The van der Waals surface area contributed by atoms with E-state index in [4.69, 9.17) is 1.37 Å². The van der Waals surface area contributed by atoms with Crippen molar-refractivity contribution in [1.29, 1.82) is 0 Å². The minimum absolute atomic E-state index is 0.185. The Morgan fingerprint density at radius 2 is 2.10 bits per heavy atom. The molecule has 0 saturated carbocycles. The molecule has 0 saturated heterocycles. The Hall–Kier alpha value is -1.64. The molecule has 0 aliphatic carbocycles. The number of nitrogens with one attached hydrogen (secondary N) is 2. The fourth-order valence-corrected chi connectivity index (χ4v) is 1.80. The van der Waals surface area contributed by atoms with Crippen LogP contribution in [0.1, 0.15) is 29.0 Å². The van der Waals surface area contributed by atoms with Crippen LogP contribution in [0.5, 0.6) is 0 Å². The van der Waals surface area contributed by atoms with E-state index in [0.29, 0.717) is 11.9 Å². The highest BCUT2D eigenvalue weighted by atomic mass is 32.2. The van der Waals surface area contributed by atoms with Crippen molar-refractivity contribution in [3.05, 3.63) is 4.91 Å². The van der Waals surface area contributed by atoms with Crippen molar-refractivity contribution in [2.24, 2.45) is 4.58 Å². The largest absolute Gasteiger partial charge is 0.465 e. The quantitative estimate of drug-likeness (QED) is 0.380. The molecule has 114 valence electrons. The van der Waals surface area contributed by atoms with Gasteiger partial charge in [0.05, 0.1) is 11.4 Å². The molecule has 8 nitrogen and oxygen atoms in total. The van der Waals surface area contributed by atoms with Gasteiger partial charge in [-0.25, -0.2) is 0 Å². The summed E-state index contributed by atoms with van der Waals surface area (Å²) in [6.45, 7) is 3.98. The van der Waals surface area contributed by atoms with Gasteiger partial charge in [0.2, 0.25) is 11.8 Å². The zero-order valence-corrected chi connectivity index (χ0v) is 12.4. The third-order valence-electron chi connectivity index (χ3n) is 2.25. The van der Waals surface area contributed by atoms with Crippen molar-refractivity contribution >= 4 is 29.7 Å². The van der Waals surface area contributed by atoms with Gasteiger partial charge in [0.1, 0.15) is 12.6 Å². The van der Waals surface area contributed by atoms with Crippen molar-refractivity contribution in [3.63, 3.8) is 0 Å². The van der Waals surface area contributed by atoms with E-state index in [1.54, 1.807) is 6.92 Å². The van der Waals surface area contributed by atoms with Crippen LogP contribution in [0, 0.1) is 4.91 Å². The average molecular weight is 306 g/mol. The highest BCUT2D eigenvalue weighted by molar-refractivity contribution is 7.99. The molecule has 1 atom stereocenters. The van der Waals surface area contributed by atoms with Crippen molar-refractivity contribution in [3.8, 4) is 0 Å². The fourth-order valence-electron chi connectivity index (χ4n) is 1.34. The van der Waals surface area contributed by atoms with Crippen LogP contribution in [-0.2, 0) is 19.1 Å². The molecular weight excluding hydrogens is 286 g/mol. The fraction of sp³-hybridized carbons (Fsp3) is 0.727. The highest BCUT2D eigenvalue weighted by Gasteiger charge is 2.37. The highest BCUT2D eigenvalue weighted by Crippen LogP contribution is 2.29. The Kier molecular flexibility index (Phi) is 6.99. The molecule has 2 amide bonds. The lowest BCUT2D eigenvalue weighted by atomic mass is 10.0. The zero-order chi connectivity index (χ0) is 16.5. The zero-order valence-electron chi connectivity index (χ0n) is 12.6. The van der Waals surface area contributed by atoms with Crippen LogP contribution in [0.15, 0.2) is 4.58 Å². The predicted octanol–water partition coefficient (Wildman–Crippen LogP) is 0.364. The maximum absolute atomic E-state index is 12.1. The van der Waals surface area contributed by atoms with Crippen LogP contribution >= 0.6 is 11.9 Å². The SMILES string of the molecule is [2H]CC(=O)N[C@H](C(=O)NCC(=O)OCC)C(C)(C)SN=O. The summed E-state index contributed by atoms with van der Waals surface area (Å²) in [5.41, 5.74) is 0. The topological polar surface area (TPSA) is 114 Å². The first kappa shape index (κ1) is 16.4. The van der Waals surface area contributed by atoms with E-state index in [1.165, 1.54) is 13.8 Å². The second-order valence-corrected chi connectivity index (χ2v) is 5.68. The number of hydrogen-bond donors (Lipinski definition) is 2. The van der Waals surface area contributed by atoms with Gasteiger partial charge in [0, 0.05) is 24.8 Å². The maximum Gasteiger partial charge on any atom is 0.325 e. The number of nitroso groups, excluding NO2 is 1. The number of nitrogens with zero attached hydrogens (tertiary/aromatic N) is 1. The summed E-state index contributed by atoms with van der Waals surface area (Å²) in [7, 11) is 0. The maximum atomic E-state index is 12.1. The van der Waals surface area contributed by atoms with E-state index >= 15 is 0 Å². The van der Waals surface area contributed by atoms with Gasteiger partial charge in [-0.2, -0.15) is 0 Å². The number of hydrogen-bond acceptors (Lipinski definition) is 7. The van der Waals surface area contributed by atoms with Gasteiger partial charge in [0.25, 0.3) is 0 Å². The van der Waals surface area contributed by atoms with Crippen LogP contribution in [0.4, 0.5) is 0 Å². The molecule has 0 spiro atoms. The second kappa shape index (κ2) is 8.51. The molecule has 0 rings (SSSR count). The molecule has 0 aromatic heterocycles. The van der Waals surface area contributed by atoms with E-state index in [1.807, 2.05) is 0 Å². The van der Waals surface area contributed by atoms with Gasteiger partial charge in [0.15, 0.2) is 0 Å². The first-order valence-electron chi connectivity index (χ1n) is 6.52. The average Bonchev–Trinajstić information content (AvgIpc) is 2.41. The van der Waals surface area contributed by atoms with Crippen LogP contribution in [0.3, 0.4) is 0 Å². The molecule has 0 unspecified atom stereocenters. The number of esters is 1. The van der Waals surface area contributed by atoms with E-state index in [-0.39, 0.29) is 13.2 Å². The van der Waals surface area contributed by atoms with Crippen LogP contribution in [0.25, 0.3) is 0 Å². The summed E-state index contributed by atoms with van der Waals surface area (Å²) >= 11 is 0.583. The summed E-state index contributed by atoms with van der Waals surface area (Å²) in [5.74, 6) is -1.95. The number of ether oxygens (including phenoxy) is 1. The minimum atomic E-state index is -1.12. The number of carbonyl (C=O) groups excluding carboxylic acids is 3. The van der Waals surface area contributed by atoms with E-state index < -0.39 is 35.5 Å². The molecule has 0 heterocycles. The van der Waals surface area contributed by atoms with Crippen LogP contribution in [-0.4, -0.2) is 41.7 Å². The smallest absolute Gasteiger partial charge is 0.325 e. The Morgan fingerprint density at radius 3 is 2.60 bits per heavy atom. The molecule has 0 fully saturated rings. The Labute approximate surface area is 122 Å². The van der Waals surface area contributed by atoms with E-state index in [0.717, 1.165) is 0 Å². The van der Waals surface area contributed by atoms with E-state index in [9.17, 15) is 19.3 Å². The van der Waals surface area contributed by atoms with Gasteiger partial charge in [-0.3, -0.25) is 14.4 Å². The molecule has 9 heteroatoms. The summed E-state index contributed by atoms with van der Waals surface area (Å²) < 4.78 is 13.3. The molecule has 0 bridgehead atoms. The Bertz CT molecular complexity index is 405. The predicted molar refractivity (Wildman–Crippen MR) is 74.7 cm³/mol. The van der Waals surface area contributed by atoms with Gasteiger partial charge in [-0.15, -0.1) is 4.91 Å². The number of amides is 2. The Balaban J connectivity index is 4.86. The first-order valence-corrected chi connectivity index (χ1v) is 6.58. The summed E-state index contributed by atoms with van der Waals surface area (Å²) in [5, 5.41) is 4.65. The van der Waals surface area contributed by atoms with Crippen molar-refractivity contribution in [2.45, 2.75) is 38.5 Å². The minimum Gasteiger partial charge on any atom is -0.465 e. The van der Waals surface area contributed by atoms with Crippen LogP contribution in [0.2, 0.25) is 0 Å². The number of rotatable bonds is 8. The van der Waals surface area contributed by atoms with Gasteiger partial charge < -0.3 is 15.4 Å². The molecule has 0 aliphatic heterocycles. The molecular formula is C11H19N3O5S. The monoisotopic (exact) mass is 306 g/mol. The molecule has 0 radical (unpaired) electrons. The summed E-state index contributed by atoms with van der Waals surface area (Å²) in [6, 6.07) is -1.12. The van der Waals surface area contributed by atoms with Crippen molar-refractivity contribution < 1.29 is 20.5 Å². The Morgan fingerprint density at radius 1 is 1.45 bits per heavy atom.